The van der Waals surface area contributed by atoms with Gasteiger partial charge < -0.3 is 80.1 Å². The number of guanidine groups is 16. The van der Waals surface area contributed by atoms with Crippen LogP contribution in [0.1, 0.15) is 188 Å². The summed E-state index contributed by atoms with van der Waals surface area (Å²) in [5, 5.41) is 13.0. The Kier molecular flexibility index (Phi) is 54.3. The Bertz CT molecular complexity index is 3720. The van der Waals surface area contributed by atoms with E-state index in [4.69, 9.17) is 0 Å². The molecule has 0 aliphatic carbocycles. The van der Waals surface area contributed by atoms with E-state index in [2.05, 4.69) is 200 Å². The largest absolute Gasteiger partial charge is 0.349 e. The zero-order valence-corrected chi connectivity index (χ0v) is 88.9. The van der Waals surface area contributed by atoms with Crippen molar-refractivity contribution in [2.45, 2.75) is 237 Å². The predicted octanol–water partition coefficient (Wildman–Crippen LogP) is 7.34. The minimum atomic E-state index is 0.00206. The third kappa shape index (κ3) is 39.1. The highest BCUT2D eigenvalue weighted by Crippen LogP contribution is 2.17. The number of unbranched alkanes of at least 4 members (excludes halogenated alkanes) is 6. The van der Waals surface area contributed by atoms with Crippen LogP contribution in [0.3, 0.4) is 0 Å². The van der Waals surface area contributed by atoms with E-state index in [0.29, 0.717) is 0 Å². The number of hydrogen-bond donors (Lipinski definition) is 4. The Morgan fingerprint density at radius 2 is 0.453 bits per heavy atom. The molecule has 0 aromatic rings. The predicted molar refractivity (Wildman–Crippen MR) is 550 cm³/mol. The van der Waals surface area contributed by atoms with E-state index in [1.807, 2.05) is 307 Å². The topological polar surface area (TPSA) is 311 Å². The molecule has 40 nitrogen and oxygen atoms in total. The van der Waals surface area contributed by atoms with Crippen molar-refractivity contribution in [2.24, 2.45) is 79.9 Å². The van der Waals surface area contributed by atoms with Crippen LogP contribution in [0.2, 0.25) is 0 Å². The molecule has 0 amide bonds. The van der Waals surface area contributed by atoms with Crippen LogP contribution in [-0.2, 0) is 0 Å². The molecule has 4 N–H and O–H groups in total. The van der Waals surface area contributed by atoms with Gasteiger partial charge in [0, 0.05) is 250 Å². The summed E-state index contributed by atoms with van der Waals surface area (Å²) >= 11 is 0. The fraction of sp³-hybridized carbons (Fsp3) is 0.818. The van der Waals surface area contributed by atoms with Crippen molar-refractivity contribution < 1.29 is 0 Å². The van der Waals surface area contributed by atoms with Crippen LogP contribution in [0.15, 0.2) is 79.9 Å². The van der Waals surface area contributed by atoms with Crippen LogP contribution in [-0.4, -0.2) is 492 Å². The fourth-order valence-corrected chi connectivity index (χ4v) is 13.6. The van der Waals surface area contributed by atoms with Gasteiger partial charge in [0.15, 0.2) is 0 Å². The van der Waals surface area contributed by atoms with Crippen molar-refractivity contribution in [1.82, 2.24) is 119 Å². The second-order valence-electron chi connectivity index (χ2n) is 34.4. The summed E-state index contributed by atoms with van der Waals surface area (Å²) in [5.74, 6) is 15.2. The smallest absolute Gasteiger partial charge is 0.205 e. The van der Waals surface area contributed by atoms with Crippen molar-refractivity contribution in [1.29, 1.82) is 0 Å². The SMILES string of the molecule is CCCCCN(C)C1=NC(C)N=C(N(C)C)N1C.CCCCCN=C1NC(C)N=C(N(C)C)N1C.CCCCN(C)C1=NC(C)N=C(N(C)C)N1C.CCCCN=C1NC(C)N=C(N(C)C)N1C.CCCN(C)C1=NC(C)N=C(N(C)C)N1C.CCCN=C1NC(C)N=C(N(C)C)N1C.CCN(C)C1=NC(C)N=C(N(C)C)N1C.CCN=C1NC(C)N=C(N(C)C)N1C. The first-order valence-electron chi connectivity index (χ1n) is 46.4. The first-order chi connectivity index (χ1) is 60.1. The average molecular weight is 1800 g/mol. The second kappa shape index (κ2) is 59.9. The van der Waals surface area contributed by atoms with Gasteiger partial charge in [-0.15, -0.1) is 0 Å². The molecule has 8 unspecified atom stereocenters. The maximum absolute atomic E-state index is 4.63. The molecule has 8 heterocycles. The van der Waals surface area contributed by atoms with E-state index in [1.54, 1.807) is 0 Å². The van der Waals surface area contributed by atoms with E-state index >= 15 is 0 Å². The summed E-state index contributed by atoms with van der Waals surface area (Å²) in [5.41, 5.74) is 0. The number of nitrogens with zero attached hydrogens (tertiary/aromatic N) is 36. The summed E-state index contributed by atoms with van der Waals surface area (Å²) in [6.07, 6.45) is 14.6. The molecule has 0 spiro atoms. The minimum absolute atomic E-state index is 0.00206. The molecule has 0 saturated carbocycles. The van der Waals surface area contributed by atoms with Gasteiger partial charge in [-0.2, -0.15) is 0 Å². The third-order valence-corrected chi connectivity index (χ3v) is 20.0. The van der Waals surface area contributed by atoms with Crippen LogP contribution in [0.5, 0.6) is 0 Å². The summed E-state index contributed by atoms with van der Waals surface area (Å²) in [6.45, 7) is 40.8. The highest BCUT2D eigenvalue weighted by atomic mass is 15.5. The van der Waals surface area contributed by atoms with Gasteiger partial charge in [-0.25, -0.2) is 59.9 Å². The quantitative estimate of drug-likeness (QED) is 0.0866. The summed E-state index contributed by atoms with van der Waals surface area (Å²) < 4.78 is 0. The van der Waals surface area contributed by atoms with E-state index in [9.17, 15) is 0 Å². The van der Waals surface area contributed by atoms with Gasteiger partial charge >= 0.3 is 0 Å². The molecule has 0 fully saturated rings. The molecule has 8 atom stereocenters. The van der Waals surface area contributed by atoms with Crippen LogP contribution in [0, 0.1) is 0 Å². The van der Waals surface area contributed by atoms with E-state index in [1.165, 1.54) is 51.4 Å². The van der Waals surface area contributed by atoms with Crippen molar-refractivity contribution in [3.05, 3.63) is 0 Å². The van der Waals surface area contributed by atoms with Crippen molar-refractivity contribution in [3.63, 3.8) is 0 Å². The van der Waals surface area contributed by atoms with Crippen LogP contribution in [0.25, 0.3) is 0 Å². The van der Waals surface area contributed by atoms with Crippen LogP contribution >= 0.6 is 0 Å². The summed E-state index contributed by atoms with van der Waals surface area (Å²) in [6, 6.07) is 0. The average Bonchev–Trinajstić information content (AvgIpc) is 0.823. The first-order valence-corrected chi connectivity index (χ1v) is 46.4. The van der Waals surface area contributed by atoms with Gasteiger partial charge in [0.25, 0.3) is 0 Å². The van der Waals surface area contributed by atoms with Crippen LogP contribution < -0.4 is 21.3 Å². The monoisotopic (exact) mass is 1800 g/mol. The third-order valence-electron chi connectivity index (χ3n) is 20.0. The zero-order chi connectivity index (χ0) is 97.7. The van der Waals surface area contributed by atoms with Gasteiger partial charge in [0.05, 0.1) is 0 Å². The Morgan fingerprint density at radius 1 is 0.227 bits per heavy atom. The van der Waals surface area contributed by atoms with Gasteiger partial charge in [-0.1, -0.05) is 80.1 Å². The standard InChI is InChI=1S/C13H27N5.2C12H25N5.2C11H23N5.2C10H21N5.C9H19N5/c1-7-8-9-10-17(5)13-15-11(2)14-12(16(3)4)18(13)6;1-7-8-9-16(5)12-14-10(2)13-11(15(3)4)17(12)6;1-6-7-8-9-13-11-14-10(2)15-12(16(3)4)17(11)5;1-7-8-15(5)11-13-9(2)12-10(14(3)4)16(11)6;1-6-7-8-12-10-13-9(2)14-11(15(3)4)16(10)5;1-7-14(5)10-12-8(2)11-9(13(3)4)15(10)6;1-6-7-11-9-12-8(2)13-10(14(3)4)15(9)5;1-6-10-8-11-7(2)12-9(13(3)4)14(8)5/h11H,7-10H2,1-6H3;10H,7-9H2,1-6H3;10H,6-9H2,1-5H3,(H,13,14);9H,7-8H2,1-6H3;9H,6-8H2,1-5H3,(H,12,13);8H,7H2,1-6H3;8H,6-7H2,1-5H3,(H,11,12);7H,6H2,1-5H3,(H,10,11). The van der Waals surface area contributed by atoms with Crippen molar-refractivity contribution in [3.8, 4) is 0 Å². The normalized spacial score (nSPS) is 21.7. The summed E-state index contributed by atoms with van der Waals surface area (Å²) in [7, 11) is 56.3. The molecular weight excluding hydrogens is 1620 g/mol. The molecule has 0 aromatic heterocycles. The molecule has 0 aromatic carbocycles. The molecule has 0 bridgehead atoms. The Hall–Kier alpha value is -10.1. The fourth-order valence-electron chi connectivity index (χ4n) is 13.6. The van der Waals surface area contributed by atoms with Gasteiger partial charge in [-0.3, -0.25) is 59.2 Å². The molecule has 8 aliphatic rings. The molecule has 736 valence electrons. The minimum Gasteiger partial charge on any atom is -0.349 e. The first kappa shape index (κ1) is 116. The molecule has 0 saturated heterocycles. The molecular formula is C88H184N40. The van der Waals surface area contributed by atoms with Crippen LogP contribution in [0.4, 0.5) is 0 Å². The maximum atomic E-state index is 4.63. The number of aliphatic imine (C=N–C) groups is 16. The van der Waals surface area contributed by atoms with Gasteiger partial charge in [-0.05, 0) is 108 Å². The highest BCUT2D eigenvalue weighted by Gasteiger charge is 2.31. The summed E-state index contributed by atoms with van der Waals surface area (Å²) in [4.78, 5) is 113. The Morgan fingerprint density at radius 3 is 0.703 bits per heavy atom. The molecule has 40 heteroatoms. The molecule has 128 heavy (non-hydrogen) atoms. The molecule has 0 radical (unpaired) electrons. The van der Waals surface area contributed by atoms with Crippen molar-refractivity contribution in [2.75, 3.05) is 250 Å². The lowest BCUT2D eigenvalue weighted by Crippen LogP contribution is -2.54. The molecule has 8 rings (SSSR count). The van der Waals surface area contributed by atoms with E-state index < -0.39 is 0 Å². The number of rotatable bonds is 20. The number of hydrogen-bond acceptors (Lipinski definition) is 32. The number of nitrogens with one attached hydrogen (secondary N) is 4. The highest BCUT2D eigenvalue weighted by molar-refractivity contribution is 6.04. The zero-order valence-electron chi connectivity index (χ0n) is 88.9. The lowest BCUT2D eigenvalue weighted by atomic mass is 10.2. The second-order valence-corrected chi connectivity index (χ2v) is 34.4. The Balaban J connectivity index is 0.000000732. The Labute approximate surface area is 777 Å². The molecule has 8 aliphatic heterocycles. The van der Waals surface area contributed by atoms with Gasteiger partial charge in [0.1, 0.15) is 49.3 Å². The van der Waals surface area contributed by atoms with E-state index in [-0.39, 0.29) is 49.3 Å². The van der Waals surface area contributed by atoms with E-state index in [0.717, 1.165) is 173 Å². The van der Waals surface area contributed by atoms with Gasteiger partial charge in [0.2, 0.25) is 95.4 Å². The maximum Gasteiger partial charge on any atom is 0.205 e. The lowest BCUT2D eigenvalue weighted by molar-refractivity contribution is 0.399. The van der Waals surface area contributed by atoms with Crippen molar-refractivity contribution >= 4 is 95.4 Å². The lowest BCUT2D eigenvalue weighted by Gasteiger charge is -2.35.